The molecule has 1 aromatic carbocycles. The van der Waals surface area contributed by atoms with Crippen molar-refractivity contribution < 1.29 is 9.59 Å². The molecule has 0 unspecified atom stereocenters. The highest BCUT2D eigenvalue weighted by atomic mass is 35.5. The van der Waals surface area contributed by atoms with Crippen LogP contribution >= 0.6 is 11.6 Å². The van der Waals surface area contributed by atoms with E-state index in [4.69, 9.17) is 11.6 Å². The molecule has 0 heterocycles. The van der Waals surface area contributed by atoms with Crippen LogP contribution in [0, 0.1) is 0 Å². The maximum atomic E-state index is 11.8. The van der Waals surface area contributed by atoms with Gasteiger partial charge >= 0.3 is 11.8 Å². The lowest BCUT2D eigenvalue weighted by atomic mass is 10.1. The number of hydrazone groups is 1. The topological polar surface area (TPSA) is 70.6 Å². The van der Waals surface area contributed by atoms with Crippen molar-refractivity contribution in [1.82, 2.24) is 10.7 Å². The molecule has 0 atom stereocenters. The third-order valence-corrected chi connectivity index (χ3v) is 3.86. The zero-order chi connectivity index (χ0) is 15.8. The zero-order valence-electron chi connectivity index (χ0n) is 12.3. The van der Waals surface area contributed by atoms with Crippen molar-refractivity contribution in [3.63, 3.8) is 0 Å². The zero-order valence-corrected chi connectivity index (χ0v) is 13.1. The van der Waals surface area contributed by atoms with Gasteiger partial charge in [0.25, 0.3) is 0 Å². The molecule has 0 aromatic heterocycles. The summed E-state index contributed by atoms with van der Waals surface area (Å²) in [5, 5.41) is 7.13. The fraction of sp³-hybridized carbons (Fsp3) is 0.438. The Hall–Kier alpha value is -1.88. The van der Waals surface area contributed by atoms with E-state index in [2.05, 4.69) is 15.8 Å². The van der Waals surface area contributed by atoms with Crippen molar-refractivity contribution in [3.8, 4) is 0 Å². The van der Waals surface area contributed by atoms with Crippen molar-refractivity contribution in [2.45, 2.75) is 44.6 Å². The Morgan fingerprint density at radius 3 is 2.55 bits per heavy atom. The lowest BCUT2D eigenvalue weighted by molar-refractivity contribution is -0.139. The highest BCUT2D eigenvalue weighted by Crippen LogP contribution is 2.17. The van der Waals surface area contributed by atoms with Crippen molar-refractivity contribution in [2.24, 2.45) is 5.10 Å². The molecule has 1 aromatic rings. The molecule has 0 radical (unpaired) electrons. The third-order valence-electron chi connectivity index (χ3n) is 3.63. The standard InChI is InChI=1S/C16H20ClN3O2/c17-13-7-5-6-12(10-13)11-18-20-16(22)15(21)19-14-8-3-1-2-4-9-14/h5-7,10-11,14H,1-4,8-9H2,(H,19,21)(H,20,22)/b18-11-. The van der Waals surface area contributed by atoms with Gasteiger partial charge in [-0.1, -0.05) is 49.4 Å². The van der Waals surface area contributed by atoms with Gasteiger partial charge in [0, 0.05) is 11.1 Å². The molecule has 1 aliphatic carbocycles. The molecule has 1 aliphatic rings. The lowest BCUT2D eigenvalue weighted by Crippen LogP contribution is -2.43. The quantitative estimate of drug-likeness (QED) is 0.389. The van der Waals surface area contributed by atoms with E-state index in [0.717, 1.165) is 31.2 Å². The van der Waals surface area contributed by atoms with Crippen LogP contribution < -0.4 is 10.7 Å². The van der Waals surface area contributed by atoms with E-state index in [-0.39, 0.29) is 6.04 Å². The maximum absolute atomic E-state index is 11.8. The molecule has 0 spiro atoms. The number of halogens is 1. The highest BCUT2D eigenvalue weighted by molar-refractivity contribution is 6.35. The van der Waals surface area contributed by atoms with Crippen LogP contribution in [0.2, 0.25) is 5.02 Å². The molecule has 1 saturated carbocycles. The van der Waals surface area contributed by atoms with Crippen LogP contribution in [-0.4, -0.2) is 24.1 Å². The summed E-state index contributed by atoms with van der Waals surface area (Å²) in [6, 6.07) is 7.13. The van der Waals surface area contributed by atoms with Crippen LogP contribution in [0.25, 0.3) is 0 Å². The molecule has 1 fully saturated rings. The largest absolute Gasteiger partial charge is 0.345 e. The van der Waals surface area contributed by atoms with Gasteiger partial charge in [-0.2, -0.15) is 5.10 Å². The Kier molecular flexibility index (Phi) is 6.40. The first-order valence-corrected chi connectivity index (χ1v) is 7.92. The summed E-state index contributed by atoms with van der Waals surface area (Å²) in [6.07, 6.45) is 7.91. The predicted octanol–water partition coefficient (Wildman–Crippen LogP) is 2.63. The van der Waals surface area contributed by atoms with Crippen LogP contribution in [0.5, 0.6) is 0 Å². The molecule has 2 rings (SSSR count). The summed E-state index contributed by atoms with van der Waals surface area (Å²) in [6.45, 7) is 0. The number of hydrogen-bond donors (Lipinski definition) is 2. The van der Waals surface area contributed by atoms with Gasteiger partial charge in [-0.25, -0.2) is 5.43 Å². The van der Waals surface area contributed by atoms with Gasteiger partial charge in [0.05, 0.1) is 6.21 Å². The van der Waals surface area contributed by atoms with E-state index in [1.807, 2.05) is 0 Å². The van der Waals surface area contributed by atoms with Gasteiger partial charge in [-0.05, 0) is 30.5 Å². The monoisotopic (exact) mass is 321 g/mol. The number of carbonyl (C=O) groups excluding carboxylic acids is 2. The molecule has 0 bridgehead atoms. The van der Waals surface area contributed by atoms with Crippen LogP contribution in [0.1, 0.15) is 44.1 Å². The van der Waals surface area contributed by atoms with Crippen molar-refractivity contribution >= 4 is 29.6 Å². The van der Waals surface area contributed by atoms with Gasteiger partial charge in [0.15, 0.2) is 0 Å². The fourth-order valence-corrected chi connectivity index (χ4v) is 2.68. The predicted molar refractivity (Wildman–Crippen MR) is 86.8 cm³/mol. The summed E-state index contributed by atoms with van der Waals surface area (Å²) in [4.78, 5) is 23.5. The van der Waals surface area contributed by atoms with Gasteiger partial charge < -0.3 is 5.32 Å². The minimum atomic E-state index is -0.748. The molecule has 118 valence electrons. The van der Waals surface area contributed by atoms with Gasteiger partial charge in [-0.15, -0.1) is 0 Å². The smallest absolute Gasteiger partial charge is 0.329 e. The number of carbonyl (C=O) groups is 2. The average molecular weight is 322 g/mol. The molecule has 6 heteroatoms. The number of amides is 2. The summed E-state index contributed by atoms with van der Waals surface area (Å²) < 4.78 is 0. The van der Waals surface area contributed by atoms with Crippen molar-refractivity contribution in [3.05, 3.63) is 34.9 Å². The van der Waals surface area contributed by atoms with Crippen molar-refractivity contribution in [2.75, 3.05) is 0 Å². The Morgan fingerprint density at radius 1 is 1.14 bits per heavy atom. The SMILES string of the molecule is O=C(N/N=C\c1cccc(Cl)c1)C(=O)NC1CCCCCC1. The third kappa shape index (κ3) is 5.48. The second-order valence-corrected chi connectivity index (χ2v) is 5.85. The Balaban J connectivity index is 1.79. The van der Waals surface area contributed by atoms with Crippen LogP contribution in [0.15, 0.2) is 29.4 Å². The maximum Gasteiger partial charge on any atom is 0.329 e. The van der Waals surface area contributed by atoms with Gasteiger partial charge in [0.1, 0.15) is 0 Å². The first-order valence-electron chi connectivity index (χ1n) is 7.54. The van der Waals surface area contributed by atoms with Gasteiger partial charge in [0.2, 0.25) is 0 Å². The summed E-state index contributed by atoms with van der Waals surface area (Å²) >= 11 is 5.85. The molecular weight excluding hydrogens is 302 g/mol. The minimum absolute atomic E-state index is 0.0951. The first-order chi connectivity index (χ1) is 10.6. The fourth-order valence-electron chi connectivity index (χ4n) is 2.48. The summed E-state index contributed by atoms with van der Waals surface area (Å²) in [5.41, 5.74) is 2.98. The molecule has 22 heavy (non-hydrogen) atoms. The lowest BCUT2D eigenvalue weighted by Gasteiger charge is -2.14. The number of benzene rings is 1. The van der Waals surface area contributed by atoms with E-state index in [9.17, 15) is 9.59 Å². The van der Waals surface area contributed by atoms with Crippen LogP contribution in [0.4, 0.5) is 0 Å². The van der Waals surface area contributed by atoms with E-state index < -0.39 is 11.8 Å². The second kappa shape index (κ2) is 8.54. The average Bonchev–Trinajstić information content (AvgIpc) is 2.76. The van der Waals surface area contributed by atoms with Crippen LogP contribution in [-0.2, 0) is 9.59 Å². The second-order valence-electron chi connectivity index (χ2n) is 5.42. The number of hydrogen-bond acceptors (Lipinski definition) is 3. The van der Waals surface area contributed by atoms with E-state index in [1.54, 1.807) is 24.3 Å². The number of nitrogens with one attached hydrogen (secondary N) is 2. The summed E-state index contributed by atoms with van der Waals surface area (Å²) in [7, 11) is 0. The number of rotatable bonds is 3. The highest BCUT2D eigenvalue weighted by Gasteiger charge is 2.19. The van der Waals surface area contributed by atoms with E-state index >= 15 is 0 Å². The molecule has 2 N–H and O–H groups in total. The molecular formula is C16H20ClN3O2. The van der Waals surface area contributed by atoms with Crippen molar-refractivity contribution in [1.29, 1.82) is 0 Å². The van der Waals surface area contributed by atoms with Gasteiger partial charge in [-0.3, -0.25) is 9.59 Å². The van der Waals surface area contributed by atoms with E-state index in [1.165, 1.54) is 19.1 Å². The van der Waals surface area contributed by atoms with E-state index in [0.29, 0.717) is 5.02 Å². The number of nitrogens with zero attached hydrogens (tertiary/aromatic N) is 1. The minimum Gasteiger partial charge on any atom is -0.345 e. The molecule has 5 nitrogen and oxygen atoms in total. The molecule has 2 amide bonds. The molecule has 0 saturated heterocycles. The Labute approximate surface area is 135 Å². The van der Waals surface area contributed by atoms with Crippen LogP contribution in [0.3, 0.4) is 0 Å². The Bertz CT molecular complexity index is 552. The first kappa shape index (κ1) is 16.5. The molecule has 0 aliphatic heterocycles. The summed E-state index contributed by atoms with van der Waals surface area (Å²) in [5.74, 6) is -1.38. The Morgan fingerprint density at radius 2 is 1.86 bits per heavy atom. The normalized spacial score (nSPS) is 16.2.